The van der Waals surface area contributed by atoms with Crippen molar-refractivity contribution in [1.82, 2.24) is 14.8 Å². The van der Waals surface area contributed by atoms with Crippen LogP contribution in [0.4, 0.5) is 17.3 Å². The molecule has 0 aromatic carbocycles. The Morgan fingerprint density at radius 1 is 1.47 bits per heavy atom. The van der Waals surface area contributed by atoms with E-state index in [1.54, 1.807) is 6.07 Å². The Kier molecular flexibility index (Phi) is 3.19. The molecule has 0 amide bonds. The van der Waals surface area contributed by atoms with Crippen molar-refractivity contribution in [3.63, 3.8) is 0 Å². The topological polar surface area (TPSA) is 68.8 Å². The maximum Gasteiger partial charge on any atom is 0.133 e. The van der Waals surface area contributed by atoms with Gasteiger partial charge in [0.05, 0.1) is 16.4 Å². The van der Waals surface area contributed by atoms with Gasteiger partial charge < -0.3 is 11.1 Å². The highest BCUT2D eigenvalue weighted by atomic mass is 35.5. The molecule has 0 saturated carbocycles. The zero-order valence-electron chi connectivity index (χ0n) is 9.74. The summed E-state index contributed by atoms with van der Waals surface area (Å²) >= 11 is 5.81. The van der Waals surface area contributed by atoms with Crippen LogP contribution in [0, 0.1) is 6.92 Å². The number of hydrogen-bond donors (Lipinski definition) is 2. The van der Waals surface area contributed by atoms with Crippen LogP contribution in [-0.2, 0) is 6.54 Å². The molecule has 0 spiro atoms. The summed E-state index contributed by atoms with van der Waals surface area (Å²) in [4.78, 5) is 4.15. The molecule has 0 aliphatic heterocycles. The number of aryl methyl sites for hydroxylation is 2. The molecule has 0 aliphatic rings. The van der Waals surface area contributed by atoms with Gasteiger partial charge >= 0.3 is 0 Å². The molecule has 2 rings (SSSR count). The highest BCUT2D eigenvalue weighted by molar-refractivity contribution is 6.32. The summed E-state index contributed by atoms with van der Waals surface area (Å²) in [6.45, 7) is 4.77. The average molecular weight is 252 g/mol. The van der Waals surface area contributed by atoms with Crippen LogP contribution in [0.2, 0.25) is 5.02 Å². The molecule has 90 valence electrons. The van der Waals surface area contributed by atoms with Crippen molar-refractivity contribution in [2.24, 2.45) is 0 Å². The van der Waals surface area contributed by atoms with E-state index in [0.717, 1.165) is 18.1 Å². The fraction of sp³-hybridized carbons (Fsp3) is 0.273. The number of halogens is 1. The Balaban J connectivity index is 2.27. The maximum atomic E-state index is 5.81. The fourth-order valence-corrected chi connectivity index (χ4v) is 1.64. The second kappa shape index (κ2) is 4.63. The number of nitrogens with two attached hydrogens (primary N) is 1. The summed E-state index contributed by atoms with van der Waals surface area (Å²) in [6, 6.07) is 3.65. The largest absolute Gasteiger partial charge is 0.397 e. The van der Waals surface area contributed by atoms with Gasteiger partial charge in [-0.15, -0.1) is 0 Å². The van der Waals surface area contributed by atoms with E-state index in [1.807, 2.05) is 24.6 Å². The van der Waals surface area contributed by atoms with E-state index in [4.69, 9.17) is 17.3 Å². The Morgan fingerprint density at radius 3 is 2.88 bits per heavy atom. The van der Waals surface area contributed by atoms with Gasteiger partial charge in [-0.3, -0.25) is 0 Å². The Labute approximate surface area is 105 Å². The van der Waals surface area contributed by atoms with E-state index in [9.17, 15) is 0 Å². The van der Waals surface area contributed by atoms with Crippen molar-refractivity contribution in [2.75, 3.05) is 11.1 Å². The zero-order chi connectivity index (χ0) is 12.4. The van der Waals surface area contributed by atoms with E-state index in [2.05, 4.69) is 15.4 Å². The summed E-state index contributed by atoms with van der Waals surface area (Å²) in [6.07, 6.45) is 1.53. The monoisotopic (exact) mass is 251 g/mol. The van der Waals surface area contributed by atoms with Crippen LogP contribution in [0.5, 0.6) is 0 Å². The first-order valence-corrected chi connectivity index (χ1v) is 5.70. The second-order valence-electron chi connectivity index (χ2n) is 3.70. The molecule has 2 heterocycles. The minimum absolute atomic E-state index is 0.454. The van der Waals surface area contributed by atoms with Crippen LogP contribution in [0.25, 0.3) is 0 Å². The highest BCUT2D eigenvalue weighted by Crippen LogP contribution is 2.22. The Morgan fingerprint density at radius 2 is 2.24 bits per heavy atom. The number of nitrogens with one attached hydrogen (secondary N) is 1. The van der Waals surface area contributed by atoms with Gasteiger partial charge in [0, 0.05) is 24.9 Å². The molecule has 2 aromatic heterocycles. The lowest BCUT2D eigenvalue weighted by Gasteiger charge is -2.08. The van der Waals surface area contributed by atoms with E-state index in [0.29, 0.717) is 16.5 Å². The van der Waals surface area contributed by atoms with E-state index >= 15 is 0 Å². The average Bonchev–Trinajstić information content (AvgIpc) is 2.64. The van der Waals surface area contributed by atoms with Crippen LogP contribution in [-0.4, -0.2) is 14.8 Å². The molecule has 2 aromatic rings. The minimum Gasteiger partial charge on any atom is -0.397 e. The number of aromatic nitrogens is 3. The molecule has 5 nitrogen and oxygen atoms in total. The first kappa shape index (κ1) is 11.7. The molecule has 0 unspecified atom stereocenters. The molecule has 0 aliphatic carbocycles. The lowest BCUT2D eigenvalue weighted by Crippen LogP contribution is -2.04. The molecular weight excluding hydrogens is 238 g/mol. The quantitative estimate of drug-likeness (QED) is 0.880. The lowest BCUT2D eigenvalue weighted by molar-refractivity contribution is 0.661. The zero-order valence-corrected chi connectivity index (χ0v) is 10.5. The van der Waals surface area contributed by atoms with Gasteiger partial charge in [0.1, 0.15) is 11.6 Å². The van der Waals surface area contributed by atoms with Gasteiger partial charge in [-0.25, -0.2) is 9.67 Å². The van der Waals surface area contributed by atoms with Crippen molar-refractivity contribution in [3.05, 3.63) is 29.0 Å². The van der Waals surface area contributed by atoms with E-state index < -0.39 is 0 Å². The van der Waals surface area contributed by atoms with Crippen LogP contribution >= 0.6 is 11.6 Å². The van der Waals surface area contributed by atoms with Crippen molar-refractivity contribution in [2.45, 2.75) is 20.4 Å². The standard InChI is InChI=1S/C11H14ClN5/c1-3-17-11(4-7(2)16-17)15-10-5-9(13)8(12)6-14-10/h4-6H,3H2,1-2H3,(H3,13,14,15). The summed E-state index contributed by atoms with van der Waals surface area (Å²) < 4.78 is 1.86. The molecule has 17 heavy (non-hydrogen) atoms. The molecular formula is C11H14ClN5. The van der Waals surface area contributed by atoms with Crippen molar-refractivity contribution < 1.29 is 0 Å². The predicted octanol–water partition coefficient (Wildman–Crippen LogP) is 2.59. The van der Waals surface area contributed by atoms with Gasteiger partial charge in [-0.2, -0.15) is 5.10 Å². The number of hydrogen-bond acceptors (Lipinski definition) is 4. The van der Waals surface area contributed by atoms with Gasteiger partial charge in [-0.05, 0) is 13.8 Å². The molecule has 0 radical (unpaired) electrons. The van der Waals surface area contributed by atoms with Gasteiger partial charge in [0.25, 0.3) is 0 Å². The van der Waals surface area contributed by atoms with Gasteiger partial charge in [0.15, 0.2) is 0 Å². The molecule has 0 bridgehead atoms. The molecule has 0 atom stereocenters. The molecule has 0 fully saturated rings. The van der Waals surface area contributed by atoms with Crippen LogP contribution in [0.3, 0.4) is 0 Å². The van der Waals surface area contributed by atoms with Gasteiger partial charge in [-0.1, -0.05) is 11.6 Å². The third-order valence-corrected chi connectivity index (χ3v) is 2.66. The van der Waals surface area contributed by atoms with Crippen LogP contribution in [0.15, 0.2) is 18.3 Å². The van der Waals surface area contributed by atoms with E-state index in [-0.39, 0.29) is 0 Å². The Hall–Kier alpha value is -1.75. The summed E-state index contributed by atoms with van der Waals surface area (Å²) in [7, 11) is 0. The first-order valence-electron chi connectivity index (χ1n) is 5.32. The number of nitrogens with zero attached hydrogens (tertiary/aromatic N) is 3. The normalized spacial score (nSPS) is 10.5. The second-order valence-corrected chi connectivity index (χ2v) is 4.11. The maximum absolute atomic E-state index is 5.81. The Bertz CT molecular complexity index is 535. The number of anilines is 3. The van der Waals surface area contributed by atoms with Crippen molar-refractivity contribution >= 4 is 28.9 Å². The summed E-state index contributed by atoms with van der Waals surface area (Å²) in [5, 5.41) is 7.95. The number of pyridine rings is 1. The molecule has 6 heteroatoms. The third kappa shape index (κ3) is 2.50. The molecule has 0 saturated heterocycles. The number of rotatable bonds is 3. The summed E-state index contributed by atoms with van der Waals surface area (Å²) in [5.74, 6) is 1.54. The van der Waals surface area contributed by atoms with Crippen molar-refractivity contribution in [3.8, 4) is 0 Å². The predicted molar refractivity (Wildman–Crippen MR) is 69.6 cm³/mol. The van der Waals surface area contributed by atoms with Crippen molar-refractivity contribution in [1.29, 1.82) is 0 Å². The SMILES string of the molecule is CCn1nc(C)cc1Nc1cc(N)c(Cl)cn1. The lowest BCUT2D eigenvalue weighted by atomic mass is 10.4. The highest BCUT2D eigenvalue weighted by Gasteiger charge is 2.06. The third-order valence-electron chi connectivity index (χ3n) is 2.34. The van der Waals surface area contributed by atoms with Crippen LogP contribution in [0.1, 0.15) is 12.6 Å². The first-order chi connectivity index (χ1) is 8.10. The number of nitrogen functional groups attached to an aromatic ring is 1. The smallest absolute Gasteiger partial charge is 0.133 e. The fourth-order valence-electron chi connectivity index (χ4n) is 1.54. The van der Waals surface area contributed by atoms with Crippen LogP contribution < -0.4 is 11.1 Å². The minimum atomic E-state index is 0.454. The van der Waals surface area contributed by atoms with E-state index in [1.165, 1.54) is 6.20 Å². The molecule has 3 N–H and O–H groups in total. The van der Waals surface area contributed by atoms with Gasteiger partial charge in [0.2, 0.25) is 0 Å². The summed E-state index contributed by atoms with van der Waals surface area (Å²) in [5.41, 5.74) is 7.17.